The first-order valence-electron chi connectivity index (χ1n) is 8.13. The first-order chi connectivity index (χ1) is 12.1. The summed E-state index contributed by atoms with van der Waals surface area (Å²) in [5, 5.41) is 0.535. The molecule has 0 aliphatic carbocycles. The van der Waals surface area contributed by atoms with Gasteiger partial charge >= 0.3 is 0 Å². The molecule has 0 radical (unpaired) electrons. The predicted molar refractivity (Wildman–Crippen MR) is 108 cm³/mol. The number of amides is 1. The Morgan fingerprint density at radius 1 is 1.08 bits per heavy atom. The maximum atomic E-state index is 14.0. The molecule has 3 rings (SSSR count). The van der Waals surface area contributed by atoms with Crippen LogP contribution < -0.4 is 4.90 Å². The minimum absolute atomic E-state index is 0. The van der Waals surface area contributed by atoms with Gasteiger partial charge in [-0.3, -0.25) is 9.69 Å². The lowest BCUT2D eigenvalue weighted by atomic mass is 10.2. The van der Waals surface area contributed by atoms with Crippen molar-refractivity contribution in [2.45, 2.75) is 6.42 Å². The number of hydrogen-bond donors (Lipinski definition) is 0. The van der Waals surface area contributed by atoms with Crippen molar-refractivity contribution in [1.82, 2.24) is 9.88 Å². The number of nitrogens with zero attached hydrogens (tertiary/aromatic N) is 3. The average molecular weight is 394 g/mol. The summed E-state index contributed by atoms with van der Waals surface area (Å²) in [7, 11) is 3.99. The van der Waals surface area contributed by atoms with Crippen LogP contribution in [0.4, 0.5) is 9.52 Å². The zero-order valence-electron chi connectivity index (χ0n) is 14.7. The van der Waals surface area contributed by atoms with Crippen molar-refractivity contribution in [1.29, 1.82) is 0 Å². The monoisotopic (exact) mass is 393 g/mol. The fraction of sp³-hybridized carbons (Fsp3) is 0.263. The van der Waals surface area contributed by atoms with E-state index in [1.54, 1.807) is 23.1 Å². The smallest absolute Gasteiger partial charge is 0.260 e. The number of hydrogen-bond acceptors (Lipinski definition) is 4. The third kappa shape index (κ3) is 4.58. The highest BCUT2D eigenvalue weighted by atomic mass is 35.5. The highest BCUT2D eigenvalue weighted by Crippen LogP contribution is 2.31. The summed E-state index contributed by atoms with van der Waals surface area (Å²) in [5.41, 5.74) is 0.924. The van der Waals surface area contributed by atoms with Crippen molar-refractivity contribution in [3.63, 3.8) is 0 Å². The number of fused-ring (bicyclic) bond motifs is 1. The van der Waals surface area contributed by atoms with Crippen molar-refractivity contribution >= 4 is 45.0 Å². The number of anilines is 1. The van der Waals surface area contributed by atoms with Crippen LogP contribution in [-0.4, -0.2) is 43.0 Å². The maximum absolute atomic E-state index is 14.0. The minimum Gasteiger partial charge on any atom is -0.309 e. The van der Waals surface area contributed by atoms with Crippen LogP contribution in [0.3, 0.4) is 0 Å². The number of halogens is 2. The quantitative estimate of drug-likeness (QED) is 0.620. The molecule has 4 nitrogen and oxygen atoms in total. The van der Waals surface area contributed by atoms with E-state index in [2.05, 4.69) is 9.88 Å². The first-order valence-corrected chi connectivity index (χ1v) is 8.94. The van der Waals surface area contributed by atoms with Gasteiger partial charge in [-0.1, -0.05) is 35.6 Å². The Balaban J connectivity index is 0.00000243. The Kier molecular flexibility index (Phi) is 7.08. The zero-order valence-corrected chi connectivity index (χ0v) is 16.3. The summed E-state index contributed by atoms with van der Waals surface area (Å²) in [4.78, 5) is 21.1. The Morgan fingerprint density at radius 2 is 1.81 bits per heavy atom. The van der Waals surface area contributed by atoms with Crippen molar-refractivity contribution in [2.24, 2.45) is 0 Å². The predicted octanol–water partition coefficient (Wildman–Crippen LogP) is 4.46. The Hall–Kier alpha value is -2.02. The minimum atomic E-state index is -0.361. The van der Waals surface area contributed by atoms with Gasteiger partial charge in [-0.05, 0) is 51.3 Å². The number of carbonyl (C=O) groups is 1. The number of carbonyl (C=O) groups excluding carboxylic acids is 1. The van der Waals surface area contributed by atoms with Crippen LogP contribution in [0.2, 0.25) is 0 Å². The van der Waals surface area contributed by atoms with Gasteiger partial charge < -0.3 is 4.90 Å². The average Bonchev–Trinajstić information content (AvgIpc) is 3.04. The van der Waals surface area contributed by atoms with Crippen LogP contribution >= 0.6 is 23.7 Å². The van der Waals surface area contributed by atoms with E-state index in [9.17, 15) is 9.18 Å². The molecule has 0 unspecified atom stereocenters. The van der Waals surface area contributed by atoms with Crippen LogP contribution in [0, 0.1) is 5.82 Å². The van der Waals surface area contributed by atoms with E-state index in [-0.39, 0.29) is 24.1 Å². The molecule has 0 N–H and O–H groups in total. The molecule has 26 heavy (non-hydrogen) atoms. The molecule has 7 heteroatoms. The van der Waals surface area contributed by atoms with Crippen molar-refractivity contribution < 1.29 is 9.18 Å². The van der Waals surface area contributed by atoms with Gasteiger partial charge in [0.05, 0.1) is 4.70 Å². The van der Waals surface area contributed by atoms with Crippen LogP contribution in [0.15, 0.2) is 48.5 Å². The molecule has 0 saturated carbocycles. The molecular formula is C19H21ClFN3OS. The lowest BCUT2D eigenvalue weighted by molar-refractivity contribution is 0.0986. The highest BCUT2D eigenvalue weighted by molar-refractivity contribution is 7.22. The Labute approximate surface area is 162 Å². The van der Waals surface area contributed by atoms with Crippen LogP contribution in [0.5, 0.6) is 0 Å². The summed E-state index contributed by atoms with van der Waals surface area (Å²) in [6.07, 6.45) is 0.810. The molecular weight excluding hydrogens is 373 g/mol. The van der Waals surface area contributed by atoms with Crippen molar-refractivity contribution in [2.75, 3.05) is 32.1 Å². The lowest BCUT2D eigenvalue weighted by Crippen LogP contribution is -2.33. The van der Waals surface area contributed by atoms with Gasteiger partial charge in [-0.25, -0.2) is 9.37 Å². The molecule has 0 bridgehead atoms. The summed E-state index contributed by atoms with van der Waals surface area (Å²) < 4.78 is 14.7. The molecule has 138 valence electrons. The molecule has 0 fully saturated rings. The van der Waals surface area contributed by atoms with Crippen LogP contribution in [0.25, 0.3) is 10.2 Å². The van der Waals surface area contributed by atoms with Gasteiger partial charge in [0, 0.05) is 12.1 Å². The second kappa shape index (κ2) is 9.07. The molecule has 0 spiro atoms. The Morgan fingerprint density at radius 3 is 2.46 bits per heavy atom. The molecule has 1 heterocycles. The van der Waals surface area contributed by atoms with E-state index in [0.717, 1.165) is 17.7 Å². The molecule has 0 saturated heterocycles. The summed E-state index contributed by atoms with van der Waals surface area (Å²) in [6.45, 7) is 1.39. The van der Waals surface area contributed by atoms with E-state index in [1.165, 1.54) is 17.4 Å². The van der Waals surface area contributed by atoms with E-state index < -0.39 is 0 Å². The molecule has 0 atom stereocenters. The molecule has 2 aromatic carbocycles. The SMILES string of the molecule is CN(C)CCCN(C(=O)c1ccccc1)c1nc2c(F)cccc2s1.Cl. The zero-order chi connectivity index (χ0) is 17.8. The molecule has 1 amide bonds. The van der Waals surface area contributed by atoms with Gasteiger partial charge in [0.2, 0.25) is 0 Å². The third-order valence-electron chi connectivity index (χ3n) is 3.84. The Bertz CT molecular complexity index is 870. The number of rotatable bonds is 6. The fourth-order valence-corrected chi connectivity index (χ4v) is 3.59. The number of benzene rings is 2. The second-order valence-corrected chi connectivity index (χ2v) is 7.07. The van der Waals surface area contributed by atoms with E-state index in [1.807, 2.05) is 38.4 Å². The summed E-state index contributed by atoms with van der Waals surface area (Å²) >= 11 is 1.34. The molecule has 0 aliphatic heterocycles. The number of thiazole rings is 1. The fourth-order valence-electron chi connectivity index (χ4n) is 2.58. The lowest BCUT2D eigenvalue weighted by Gasteiger charge is -2.21. The van der Waals surface area contributed by atoms with E-state index in [0.29, 0.717) is 22.8 Å². The molecule has 3 aromatic rings. The highest BCUT2D eigenvalue weighted by Gasteiger charge is 2.21. The third-order valence-corrected chi connectivity index (χ3v) is 4.89. The standard InChI is InChI=1S/C19H20FN3OS.ClH/c1-22(2)12-7-13-23(18(24)14-8-4-3-5-9-14)19-21-17-15(20)10-6-11-16(17)25-19;/h3-6,8-11H,7,12-13H2,1-2H3;1H. The normalized spacial score (nSPS) is 10.8. The summed E-state index contributed by atoms with van der Waals surface area (Å²) in [5.74, 6) is -0.473. The summed E-state index contributed by atoms with van der Waals surface area (Å²) in [6, 6.07) is 14.0. The van der Waals surface area contributed by atoms with E-state index in [4.69, 9.17) is 0 Å². The number of para-hydroxylation sites is 1. The first kappa shape index (κ1) is 20.3. The number of aromatic nitrogens is 1. The van der Waals surface area contributed by atoms with E-state index >= 15 is 0 Å². The topological polar surface area (TPSA) is 36.4 Å². The second-order valence-electron chi connectivity index (χ2n) is 6.06. The van der Waals surface area contributed by atoms with Crippen LogP contribution in [-0.2, 0) is 0 Å². The maximum Gasteiger partial charge on any atom is 0.260 e. The van der Waals surface area contributed by atoms with Gasteiger partial charge in [0.25, 0.3) is 5.91 Å². The molecule has 1 aromatic heterocycles. The van der Waals surface area contributed by atoms with Crippen molar-refractivity contribution in [3.05, 3.63) is 59.9 Å². The van der Waals surface area contributed by atoms with Gasteiger partial charge in [-0.2, -0.15) is 0 Å². The van der Waals surface area contributed by atoms with Gasteiger partial charge in [-0.15, -0.1) is 12.4 Å². The van der Waals surface area contributed by atoms with Crippen LogP contribution in [0.1, 0.15) is 16.8 Å². The van der Waals surface area contributed by atoms with Gasteiger partial charge in [0.15, 0.2) is 5.13 Å². The largest absolute Gasteiger partial charge is 0.309 e. The van der Waals surface area contributed by atoms with Gasteiger partial charge in [0.1, 0.15) is 11.3 Å². The molecule has 0 aliphatic rings. The van der Waals surface area contributed by atoms with Crippen molar-refractivity contribution in [3.8, 4) is 0 Å².